The number of nitrogens with zero attached hydrogens (tertiary/aromatic N) is 2. The van der Waals surface area contributed by atoms with Crippen LogP contribution in [0, 0.1) is 10.1 Å². The van der Waals surface area contributed by atoms with E-state index in [0.717, 1.165) is 12.3 Å². The molecule has 20 heavy (non-hydrogen) atoms. The van der Waals surface area contributed by atoms with Crippen LogP contribution in [0.15, 0.2) is 12.3 Å². The minimum absolute atomic E-state index is 0.0315. The maximum absolute atomic E-state index is 11.3. The van der Waals surface area contributed by atoms with Crippen LogP contribution in [0.2, 0.25) is 0 Å². The lowest BCUT2D eigenvalue weighted by Crippen LogP contribution is -2.34. The number of carbonyl (C=O) groups excluding carboxylic acids is 1. The zero-order chi connectivity index (χ0) is 14.5. The molecule has 3 N–H and O–H groups in total. The molecule has 1 aromatic rings. The van der Waals surface area contributed by atoms with Gasteiger partial charge in [-0.15, -0.1) is 0 Å². The van der Waals surface area contributed by atoms with Gasteiger partial charge in [-0.2, -0.15) is 0 Å². The number of aromatic nitrogens is 1. The van der Waals surface area contributed by atoms with Gasteiger partial charge >= 0.3 is 0 Å². The molecule has 1 aliphatic rings. The van der Waals surface area contributed by atoms with Crippen LogP contribution in [0.5, 0.6) is 0 Å². The van der Waals surface area contributed by atoms with E-state index in [9.17, 15) is 14.9 Å². The van der Waals surface area contributed by atoms with E-state index in [0.29, 0.717) is 26.4 Å². The number of ether oxygens (including phenoxy) is 2. The van der Waals surface area contributed by atoms with Crippen molar-refractivity contribution < 1.29 is 19.2 Å². The molecule has 0 saturated carbocycles. The third-order valence-corrected chi connectivity index (χ3v) is 2.73. The average molecular weight is 282 g/mol. The van der Waals surface area contributed by atoms with Crippen LogP contribution in [-0.2, 0) is 9.47 Å². The highest BCUT2D eigenvalue weighted by Crippen LogP contribution is 2.18. The molecule has 0 radical (unpaired) electrons. The second-order valence-electron chi connectivity index (χ2n) is 4.16. The van der Waals surface area contributed by atoms with Crippen molar-refractivity contribution in [1.29, 1.82) is 0 Å². The lowest BCUT2D eigenvalue weighted by Gasteiger charge is -2.23. The summed E-state index contributed by atoms with van der Waals surface area (Å²) in [6.07, 6.45) is 0.897. The predicted molar refractivity (Wildman–Crippen MR) is 68.5 cm³/mol. The van der Waals surface area contributed by atoms with Crippen LogP contribution < -0.4 is 11.1 Å². The van der Waals surface area contributed by atoms with E-state index in [-0.39, 0.29) is 23.2 Å². The summed E-state index contributed by atoms with van der Waals surface area (Å²) in [5.74, 6) is -0.596. The van der Waals surface area contributed by atoms with Gasteiger partial charge in [0.15, 0.2) is 0 Å². The van der Waals surface area contributed by atoms with E-state index in [1.54, 1.807) is 0 Å². The lowest BCUT2D eigenvalue weighted by atomic mass is 10.2. The summed E-state index contributed by atoms with van der Waals surface area (Å²) < 4.78 is 10.7. The number of hydrogen-bond acceptors (Lipinski definition) is 7. The van der Waals surface area contributed by atoms with Gasteiger partial charge in [0.2, 0.25) is 0 Å². The minimum Gasteiger partial charge on any atom is -0.376 e. The Hall–Kier alpha value is -2.26. The summed E-state index contributed by atoms with van der Waals surface area (Å²) >= 11 is 0. The molecule has 1 aromatic heterocycles. The van der Waals surface area contributed by atoms with Gasteiger partial charge in [0, 0.05) is 12.6 Å². The molecule has 9 heteroatoms. The van der Waals surface area contributed by atoms with Crippen molar-refractivity contribution in [2.75, 3.05) is 31.7 Å². The second kappa shape index (κ2) is 6.26. The number of amides is 1. The highest BCUT2D eigenvalue weighted by Gasteiger charge is 2.18. The van der Waals surface area contributed by atoms with Crippen molar-refractivity contribution in [2.24, 2.45) is 5.73 Å². The van der Waals surface area contributed by atoms with Gasteiger partial charge < -0.3 is 20.5 Å². The highest BCUT2D eigenvalue weighted by molar-refractivity contribution is 5.98. The Kier molecular flexibility index (Phi) is 4.43. The molecule has 2 heterocycles. The second-order valence-corrected chi connectivity index (χ2v) is 4.16. The summed E-state index contributed by atoms with van der Waals surface area (Å²) in [6.45, 7) is 1.86. The van der Waals surface area contributed by atoms with Gasteiger partial charge in [0.1, 0.15) is 12.0 Å². The number of nitrogens with one attached hydrogen (secondary N) is 1. The van der Waals surface area contributed by atoms with Gasteiger partial charge in [-0.25, -0.2) is 4.98 Å². The number of rotatable bonds is 5. The molecule has 1 amide bonds. The molecule has 1 atom stereocenters. The SMILES string of the molecule is NC(=O)c1cc([N+](=O)[O-])cnc1NCC1COCCO1. The van der Waals surface area contributed by atoms with Crippen LogP contribution in [-0.4, -0.2) is 48.3 Å². The predicted octanol–water partition coefficient (Wildman–Crippen LogP) is -0.0840. The summed E-state index contributed by atoms with van der Waals surface area (Å²) in [4.78, 5) is 25.2. The molecule has 0 spiro atoms. The van der Waals surface area contributed by atoms with Crippen LogP contribution in [0.4, 0.5) is 11.5 Å². The number of nitrogens with two attached hydrogens (primary N) is 1. The van der Waals surface area contributed by atoms with Crippen molar-refractivity contribution in [1.82, 2.24) is 4.98 Å². The Labute approximate surface area is 114 Å². The van der Waals surface area contributed by atoms with Crippen molar-refractivity contribution in [3.05, 3.63) is 27.9 Å². The molecule has 0 aliphatic carbocycles. The third kappa shape index (κ3) is 3.39. The molecule has 1 fully saturated rings. The van der Waals surface area contributed by atoms with Crippen LogP contribution in [0.1, 0.15) is 10.4 Å². The van der Waals surface area contributed by atoms with Gasteiger partial charge in [-0.1, -0.05) is 0 Å². The number of hydrogen-bond donors (Lipinski definition) is 2. The fraction of sp³-hybridized carbons (Fsp3) is 0.455. The number of anilines is 1. The smallest absolute Gasteiger partial charge is 0.288 e. The van der Waals surface area contributed by atoms with Gasteiger partial charge in [-0.3, -0.25) is 14.9 Å². The molecule has 1 unspecified atom stereocenters. The third-order valence-electron chi connectivity index (χ3n) is 2.73. The molecule has 0 aromatic carbocycles. The number of primary amides is 1. The van der Waals surface area contributed by atoms with Gasteiger partial charge in [0.05, 0.1) is 36.4 Å². The summed E-state index contributed by atoms with van der Waals surface area (Å²) in [5, 5.41) is 13.5. The first-order chi connectivity index (χ1) is 9.58. The molecule has 1 saturated heterocycles. The normalized spacial score (nSPS) is 18.5. The molecular weight excluding hydrogens is 268 g/mol. The Morgan fingerprint density at radius 3 is 3.00 bits per heavy atom. The quantitative estimate of drug-likeness (QED) is 0.570. The van der Waals surface area contributed by atoms with E-state index < -0.39 is 10.8 Å². The van der Waals surface area contributed by atoms with Gasteiger partial charge in [-0.05, 0) is 0 Å². The van der Waals surface area contributed by atoms with E-state index in [4.69, 9.17) is 15.2 Å². The molecule has 9 nitrogen and oxygen atoms in total. The van der Waals surface area contributed by atoms with E-state index in [1.165, 1.54) is 0 Å². The summed E-state index contributed by atoms with van der Waals surface area (Å²) in [5.41, 5.74) is 4.87. The lowest BCUT2D eigenvalue weighted by molar-refractivity contribution is -0.385. The molecule has 0 bridgehead atoms. The maximum atomic E-state index is 11.3. The summed E-state index contributed by atoms with van der Waals surface area (Å²) in [6, 6.07) is 1.09. The largest absolute Gasteiger partial charge is 0.376 e. The fourth-order valence-electron chi connectivity index (χ4n) is 1.75. The van der Waals surface area contributed by atoms with Crippen molar-refractivity contribution >= 4 is 17.4 Å². The first-order valence-corrected chi connectivity index (χ1v) is 5.95. The fourth-order valence-corrected chi connectivity index (χ4v) is 1.75. The Morgan fingerprint density at radius 1 is 1.60 bits per heavy atom. The molecule has 1 aliphatic heterocycles. The first-order valence-electron chi connectivity index (χ1n) is 5.95. The standard InChI is InChI=1S/C11H14N4O5/c12-10(16)9-3-7(15(17)18)4-13-11(9)14-5-8-6-19-1-2-20-8/h3-4,8H,1-2,5-6H2,(H2,12,16)(H,13,14). The zero-order valence-corrected chi connectivity index (χ0v) is 10.6. The topological polar surface area (TPSA) is 130 Å². The summed E-state index contributed by atoms with van der Waals surface area (Å²) in [7, 11) is 0. The first kappa shape index (κ1) is 14.2. The van der Waals surface area contributed by atoms with Crippen molar-refractivity contribution in [2.45, 2.75) is 6.10 Å². The number of carbonyl (C=O) groups is 1. The molecule has 2 rings (SSSR count). The van der Waals surface area contributed by atoms with Crippen LogP contribution in [0.25, 0.3) is 0 Å². The Bertz CT molecular complexity index is 516. The monoisotopic (exact) mass is 282 g/mol. The molecule has 108 valence electrons. The van der Waals surface area contributed by atoms with E-state index in [2.05, 4.69) is 10.3 Å². The Balaban J connectivity index is 2.09. The van der Waals surface area contributed by atoms with Crippen molar-refractivity contribution in [3.63, 3.8) is 0 Å². The average Bonchev–Trinajstić information content (AvgIpc) is 2.45. The minimum atomic E-state index is -0.787. The number of nitro groups is 1. The van der Waals surface area contributed by atoms with Gasteiger partial charge in [0.25, 0.3) is 11.6 Å². The Morgan fingerprint density at radius 2 is 2.40 bits per heavy atom. The van der Waals surface area contributed by atoms with Crippen LogP contribution >= 0.6 is 0 Å². The zero-order valence-electron chi connectivity index (χ0n) is 10.6. The van der Waals surface area contributed by atoms with Crippen LogP contribution in [0.3, 0.4) is 0 Å². The number of pyridine rings is 1. The van der Waals surface area contributed by atoms with E-state index >= 15 is 0 Å². The van der Waals surface area contributed by atoms with E-state index in [1.807, 2.05) is 0 Å². The van der Waals surface area contributed by atoms with Crippen molar-refractivity contribution in [3.8, 4) is 0 Å². The maximum Gasteiger partial charge on any atom is 0.288 e. The molecular formula is C11H14N4O5. The highest BCUT2D eigenvalue weighted by atomic mass is 16.6.